The topological polar surface area (TPSA) is 12.0 Å². The summed E-state index contributed by atoms with van der Waals surface area (Å²) in [6, 6.07) is 3.30. The number of rotatable bonds is 2. The van der Waals surface area contributed by atoms with Gasteiger partial charge in [0.2, 0.25) is 0 Å². The van der Waals surface area contributed by atoms with Crippen molar-refractivity contribution in [1.29, 1.82) is 0 Å². The highest BCUT2D eigenvalue weighted by Crippen LogP contribution is 2.20. The minimum Gasteiger partial charge on any atom is -0.301 e. The number of hydrogen-bond acceptors (Lipinski definition) is 1. The molecule has 1 unspecified atom stereocenters. The van der Waals surface area contributed by atoms with E-state index in [1.807, 2.05) is 0 Å². The third kappa shape index (κ3) is 1.93. The van der Waals surface area contributed by atoms with E-state index in [4.69, 9.17) is 11.6 Å². The normalized spacial score (nSPS) is 13.0. The van der Waals surface area contributed by atoms with Gasteiger partial charge in [-0.3, -0.25) is 0 Å². The molecule has 0 aromatic heterocycles. The SMILES string of the molecule is CNC(Cl)c1ccc(F)cc1F. The number of benzene rings is 1. The van der Waals surface area contributed by atoms with Crippen LogP contribution in [0.2, 0.25) is 0 Å². The number of alkyl halides is 1. The van der Waals surface area contributed by atoms with Gasteiger partial charge in [0.1, 0.15) is 17.1 Å². The van der Waals surface area contributed by atoms with Crippen molar-refractivity contribution < 1.29 is 8.78 Å². The molecule has 1 aromatic carbocycles. The fourth-order valence-electron chi connectivity index (χ4n) is 0.863. The van der Waals surface area contributed by atoms with Crippen molar-refractivity contribution >= 4 is 11.6 Å². The predicted molar refractivity (Wildman–Crippen MR) is 44.0 cm³/mol. The third-order valence-corrected chi connectivity index (χ3v) is 1.94. The zero-order valence-electron chi connectivity index (χ0n) is 6.44. The smallest absolute Gasteiger partial charge is 0.132 e. The minimum atomic E-state index is -0.635. The molecule has 66 valence electrons. The van der Waals surface area contributed by atoms with Crippen LogP contribution in [0.5, 0.6) is 0 Å². The van der Waals surface area contributed by atoms with Crippen molar-refractivity contribution in [3.63, 3.8) is 0 Å². The van der Waals surface area contributed by atoms with Gasteiger partial charge in [0, 0.05) is 11.6 Å². The zero-order chi connectivity index (χ0) is 9.14. The maximum Gasteiger partial charge on any atom is 0.132 e. The number of nitrogens with one attached hydrogen (secondary N) is 1. The molecule has 0 aliphatic carbocycles. The van der Waals surface area contributed by atoms with E-state index in [1.54, 1.807) is 7.05 Å². The molecule has 0 saturated heterocycles. The fraction of sp³-hybridized carbons (Fsp3) is 0.250. The molecule has 1 nitrogen and oxygen atoms in total. The number of hydrogen-bond donors (Lipinski definition) is 1. The first kappa shape index (κ1) is 9.42. The quantitative estimate of drug-likeness (QED) is 0.559. The molecular formula is C8H8ClF2N. The predicted octanol–water partition coefficient (Wildman–Crippen LogP) is 2.42. The van der Waals surface area contributed by atoms with Crippen molar-refractivity contribution in [1.82, 2.24) is 5.32 Å². The monoisotopic (exact) mass is 191 g/mol. The maximum atomic E-state index is 12.9. The van der Waals surface area contributed by atoms with E-state index in [9.17, 15) is 8.78 Å². The van der Waals surface area contributed by atoms with E-state index in [2.05, 4.69) is 5.32 Å². The standard InChI is InChI=1S/C8H8ClF2N/c1-12-8(9)6-3-2-5(10)4-7(6)11/h2-4,8,12H,1H3. The van der Waals surface area contributed by atoms with Crippen LogP contribution in [0.3, 0.4) is 0 Å². The molecule has 0 saturated carbocycles. The van der Waals surface area contributed by atoms with Crippen LogP contribution in [0.15, 0.2) is 18.2 Å². The van der Waals surface area contributed by atoms with E-state index in [0.717, 1.165) is 6.07 Å². The molecule has 0 spiro atoms. The van der Waals surface area contributed by atoms with E-state index < -0.39 is 17.1 Å². The summed E-state index contributed by atoms with van der Waals surface area (Å²) in [6.45, 7) is 0. The third-order valence-electron chi connectivity index (χ3n) is 1.49. The van der Waals surface area contributed by atoms with Gasteiger partial charge in [-0.2, -0.15) is 0 Å². The Labute approximate surface area is 74.3 Å². The van der Waals surface area contributed by atoms with Crippen molar-refractivity contribution in [2.24, 2.45) is 0 Å². The molecule has 12 heavy (non-hydrogen) atoms. The summed E-state index contributed by atoms with van der Waals surface area (Å²) in [5, 5.41) is 2.64. The van der Waals surface area contributed by atoms with Gasteiger partial charge in [0.15, 0.2) is 0 Å². The van der Waals surface area contributed by atoms with Gasteiger partial charge in [0.05, 0.1) is 0 Å². The molecule has 0 amide bonds. The Bertz CT molecular complexity index is 278. The van der Waals surface area contributed by atoms with Crippen LogP contribution in [-0.2, 0) is 0 Å². The summed E-state index contributed by atoms with van der Waals surface area (Å²) in [5.41, 5.74) is -0.369. The van der Waals surface area contributed by atoms with Crippen LogP contribution in [0.25, 0.3) is 0 Å². The minimum absolute atomic E-state index is 0.251. The van der Waals surface area contributed by atoms with Crippen LogP contribution in [0, 0.1) is 11.6 Å². The Balaban J connectivity index is 3.01. The van der Waals surface area contributed by atoms with Gasteiger partial charge in [-0.25, -0.2) is 8.78 Å². The van der Waals surface area contributed by atoms with Crippen molar-refractivity contribution in [2.45, 2.75) is 5.50 Å². The Kier molecular flexibility index (Phi) is 3.00. The van der Waals surface area contributed by atoms with Gasteiger partial charge in [-0.15, -0.1) is 11.6 Å². The Hall–Kier alpha value is -0.670. The summed E-state index contributed by atoms with van der Waals surface area (Å²) in [7, 11) is 1.60. The molecule has 0 aliphatic heterocycles. The molecule has 0 radical (unpaired) electrons. The molecule has 1 N–H and O–H groups in total. The van der Waals surface area contributed by atoms with Gasteiger partial charge in [-0.1, -0.05) is 6.07 Å². The van der Waals surface area contributed by atoms with Crippen LogP contribution in [-0.4, -0.2) is 7.05 Å². The highest BCUT2D eigenvalue weighted by atomic mass is 35.5. The van der Waals surface area contributed by atoms with Crippen molar-refractivity contribution in [2.75, 3.05) is 7.05 Å². The first-order valence-corrected chi connectivity index (χ1v) is 3.85. The maximum absolute atomic E-state index is 12.9. The van der Waals surface area contributed by atoms with Gasteiger partial charge in [0.25, 0.3) is 0 Å². The average Bonchev–Trinajstić information content (AvgIpc) is 2.03. The lowest BCUT2D eigenvalue weighted by Crippen LogP contribution is -2.11. The number of halogens is 3. The fourth-order valence-corrected chi connectivity index (χ4v) is 1.04. The van der Waals surface area contributed by atoms with E-state index in [-0.39, 0.29) is 5.56 Å². The summed E-state index contributed by atoms with van der Waals surface area (Å²) in [4.78, 5) is 0. The largest absolute Gasteiger partial charge is 0.301 e. The lowest BCUT2D eigenvalue weighted by molar-refractivity contribution is 0.564. The van der Waals surface area contributed by atoms with Crippen LogP contribution in [0.4, 0.5) is 8.78 Å². The Morgan fingerprint density at radius 3 is 2.58 bits per heavy atom. The highest BCUT2D eigenvalue weighted by molar-refractivity contribution is 6.20. The summed E-state index contributed by atoms with van der Waals surface area (Å²) >= 11 is 5.67. The lowest BCUT2D eigenvalue weighted by Gasteiger charge is -2.08. The molecular weight excluding hydrogens is 184 g/mol. The van der Waals surface area contributed by atoms with E-state index in [0.29, 0.717) is 0 Å². The zero-order valence-corrected chi connectivity index (χ0v) is 7.20. The second kappa shape index (κ2) is 3.83. The van der Waals surface area contributed by atoms with Crippen LogP contribution < -0.4 is 5.32 Å². The van der Waals surface area contributed by atoms with E-state index >= 15 is 0 Å². The highest BCUT2D eigenvalue weighted by Gasteiger charge is 2.10. The molecule has 0 fully saturated rings. The molecule has 1 atom stereocenters. The molecule has 0 aliphatic rings. The average molecular weight is 192 g/mol. The Morgan fingerprint density at radius 2 is 2.08 bits per heavy atom. The Morgan fingerprint density at radius 1 is 1.42 bits per heavy atom. The van der Waals surface area contributed by atoms with Crippen molar-refractivity contribution in [3.05, 3.63) is 35.4 Å². The van der Waals surface area contributed by atoms with Gasteiger partial charge < -0.3 is 5.32 Å². The first-order valence-electron chi connectivity index (χ1n) is 3.41. The van der Waals surface area contributed by atoms with Crippen molar-refractivity contribution in [3.8, 4) is 0 Å². The molecule has 0 heterocycles. The first-order chi connectivity index (χ1) is 5.65. The molecule has 1 aromatic rings. The van der Waals surface area contributed by atoms with E-state index in [1.165, 1.54) is 12.1 Å². The summed E-state index contributed by atoms with van der Waals surface area (Å²) in [6.07, 6.45) is 0. The molecule has 1 rings (SSSR count). The molecule has 4 heteroatoms. The van der Waals surface area contributed by atoms with Gasteiger partial charge >= 0.3 is 0 Å². The van der Waals surface area contributed by atoms with Gasteiger partial charge in [-0.05, 0) is 13.1 Å². The summed E-state index contributed by atoms with van der Waals surface area (Å²) < 4.78 is 25.3. The lowest BCUT2D eigenvalue weighted by atomic mass is 10.2. The second-order valence-electron chi connectivity index (χ2n) is 2.32. The molecule has 0 bridgehead atoms. The second-order valence-corrected chi connectivity index (χ2v) is 2.75. The van der Waals surface area contributed by atoms with Crippen LogP contribution >= 0.6 is 11.6 Å². The summed E-state index contributed by atoms with van der Waals surface area (Å²) in [5.74, 6) is -1.24. The van der Waals surface area contributed by atoms with Crippen LogP contribution in [0.1, 0.15) is 11.1 Å².